The van der Waals surface area contributed by atoms with E-state index in [1.807, 2.05) is 13.8 Å². The van der Waals surface area contributed by atoms with E-state index in [-0.39, 0.29) is 5.41 Å². The summed E-state index contributed by atoms with van der Waals surface area (Å²) in [5, 5.41) is 11.8. The maximum Gasteiger partial charge on any atom is 0.144 e. The first kappa shape index (κ1) is 18.2. The van der Waals surface area contributed by atoms with Crippen molar-refractivity contribution in [3.05, 3.63) is 0 Å². The Morgan fingerprint density at radius 3 is 2.42 bits per heavy atom. The quantitative estimate of drug-likeness (QED) is 0.211. The van der Waals surface area contributed by atoms with Crippen LogP contribution in [0.2, 0.25) is 0 Å². The van der Waals surface area contributed by atoms with Gasteiger partial charge in [0.05, 0.1) is 6.61 Å². The van der Waals surface area contributed by atoms with E-state index >= 15 is 0 Å². The van der Waals surface area contributed by atoms with Gasteiger partial charge in [0.15, 0.2) is 0 Å². The Balaban J connectivity index is 4.00. The zero-order valence-electron chi connectivity index (χ0n) is 13.1. The lowest BCUT2D eigenvalue weighted by Crippen LogP contribution is -2.35. The normalized spacial score (nSPS) is 13.5. The van der Waals surface area contributed by atoms with Crippen LogP contribution in [0.1, 0.15) is 47.0 Å². The Kier molecular flexibility index (Phi) is 8.76. The van der Waals surface area contributed by atoms with Gasteiger partial charge in [-0.25, -0.2) is 0 Å². The summed E-state index contributed by atoms with van der Waals surface area (Å²) in [6, 6.07) is 0.534. The summed E-state index contributed by atoms with van der Waals surface area (Å²) in [4.78, 5) is 2.42. The molecule has 0 saturated carbocycles. The van der Waals surface area contributed by atoms with E-state index in [9.17, 15) is 0 Å². The largest absolute Gasteiger partial charge is 0.409 e. The van der Waals surface area contributed by atoms with Crippen molar-refractivity contribution < 1.29 is 9.94 Å². The van der Waals surface area contributed by atoms with Crippen LogP contribution in [0.4, 0.5) is 0 Å². The Morgan fingerprint density at radius 1 is 1.32 bits per heavy atom. The van der Waals surface area contributed by atoms with E-state index in [1.165, 1.54) is 0 Å². The van der Waals surface area contributed by atoms with Crippen molar-refractivity contribution in [2.75, 3.05) is 26.8 Å². The monoisotopic (exact) mass is 273 g/mol. The molecule has 0 radical (unpaired) electrons. The van der Waals surface area contributed by atoms with Crippen molar-refractivity contribution in [3.8, 4) is 0 Å². The number of rotatable bonds is 10. The fourth-order valence-corrected chi connectivity index (χ4v) is 1.98. The topological polar surface area (TPSA) is 71.1 Å². The second-order valence-electron chi connectivity index (χ2n) is 5.95. The van der Waals surface area contributed by atoms with Crippen molar-refractivity contribution in [1.29, 1.82) is 0 Å². The van der Waals surface area contributed by atoms with Gasteiger partial charge < -0.3 is 15.7 Å². The molecule has 0 aromatic carbocycles. The van der Waals surface area contributed by atoms with Gasteiger partial charge in [-0.1, -0.05) is 25.4 Å². The van der Waals surface area contributed by atoms with Crippen LogP contribution in [0.5, 0.6) is 0 Å². The summed E-state index contributed by atoms with van der Waals surface area (Å²) in [6.45, 7) is 11.2. The number of methoxy groups -OCH3 is 1. The fraction of sp³-hybridized carbons (Fsp3) is 0.929. The molecule has 0 aromatic heterocycles. The Hall–Kier alpha value is -0.810. The van der Waals surface area contributed by atoms with E-state index in [0.717, 1.165) is 39.0 Å². The van der Waals surface area contributed by atoms with Gasteiger partial charge in [-0.15, -0.1) is 0 Å². The smallest absolute Gasteiger partial charge is 0.144 e. The van der Waals surface area contributed by atoms with E-state index in [4.69, 9.17) is 15.7 Å². The van der Waals surface area contributed by atoms with Gasteiger partial charge in [0, 0.05) is 25.1 Å². The summed E-state index contributed by atoms with van der Waals surface area (Å²) in [7, 11) is 1.73. The van der Waals surface area contributed by atoms with Crippen LogP contribution in [-0.4, -0.2) is 48.8 Å². The first-order valence-electron chi connectivity index (χ1n) is 7.06. The van der Waals surface area contributed by atoms with Crippen molar-refractivity contribution in [3.63, 3.8) is 0 Å². The summed E-state index contributed by atoms with van der Waals surface area (Å²) in [6.07, 6.45) is 3.11. The van der Waals surface area contributed by atoms with Gasteiger partial charge in [-0.05, 0) is 33.2 Å². The number of amidine groups is 1. The van der Waals surface area contributed by atoms with Crippen molar-refractivity contribution in [2.45, 2.75) is 53.0 Å². The zero-order valence-corrected chi connectivity index (χ0v) is 13.1. The number of hydrogen-bond donors (Lipinski definition) is 2. The molecule has 0 heterocycles. The predicted octanol–water partition coefficient (Wildman–Crippen LogP) is 2.29. The van der Waals surface area contributed by atoms with Crippen LogP contribution in [-0.2, 0) is 4.74 Å². The second-order valence-corrected chi connectivity index (χ2v) is 5.95. The van der Waals surface area contributed by atoms with Gasteiger partial charge in [-0.2, -0.15) is 0 Å². The van der Waals surface area contributed by atoms with Gasteiger partial charge in [0.2, 0.25) is 0 Å². The molecule has 5 nitrogen and oxygen atoms in total. The minimum absolute atomic E-state index is 0.232. The summed E-state index contributed by atoms with van der Waals surface area (Å²) >= 11 is 0. The van der Waals surface area contributed by atoms with Gasteiger partial charge in [0.25, 0.3) is 0 Å². The lowest BCUT2D eigenvalue weighted by molar-refractivity contribution is 0.127. The standard InChI is InChI=1S/C14H31N3O2/c1-12(2)17(10-11-19-5)9-7-6-8-14(3,4)13(15)16-18/h12,18H,6-11H2,1-5H3,(H2,15,16). The summed E-state index contributed by atoms with van der Waals surface area (Å²) in [5.74, 6) is 0.313. The van der Waals surface area contributed by atoms with E-state index < -0.39 is 0 Å². The molecule has 0 aliphatic carbocycles. The third-order valence-corrected chi connectivity index (χ3v) is 3.61. The highest BCUT2D eigenvalue weighted by Gasteiger charge is 2.22. The van der Waals surface area contributed by atoms with Gasteiger partial charge in [-0.3, -0.25) is 4.90 Å². The molecule has 0 atom stereocenters. The molecule has 0 aliphatic rings. The van der Waals surface area contributed by atoms with Crippen LogP contribution in [0.15, 0.2) is 5.16 Å². The van der Waals surface area contributed by atoms with Gasteiger partial charge in [0.1, 0.15) is 5.84 Å². The van der Waals surface area contributed by atoms with Crippen LogP contribution in [0.25, 0.3) is 0 Å². The highest BCUT2D eigenvalue weighted by Crippen LogP contribution is 2.23. The minimum atomic E-state index is -0.232. The molecule has 5 heteroatoms. The van der Waals surface area contributed by atoms with Crippen LogP contribution in [0, 0.1) is 5.41 Å². The molecular formula is C14H31N3O2. The van der Waals surface area contributed by atoms with E-state index in [0.29, 0.717) is 11.9 Å². The molecule has 0 saturated heterocycles. The third-order valence-electron chi connectivity index (χ3n) is 3.61. The average molecular weight is 273 g/mol. The first-order valence-corrected chi connectivity index (χ1v) is 7.06. The third kappa shape index (κ3) is 7.38. The Morgan fingerprint density at radius 2 is 1.95 bits per heavy atom. The zero-order chi connectivity index (χ0) is 14.9. The molecule has 0 fully saturated rings. The van der Waals surface area contributed by atoms with E-state index in [1.54, 1.807) is 7.11 Å². The highest BCUT2D eigenvalue weighted by atomic mass is 16.5. The molecule has 0 rings (SSSR count). The maximum atomic E-state index is 8.73. The van der Waals surface area contributed by atoms with Crippen LogP contribution in [0.3, 0.4) is 0 Å². The van der Waals surface area contributed by atoms with Gasteiger partial charge >= 0.3 is 0 Å². The Bertz CT molecular complexity index is 265. The highest BCUT2D eigenvalue weighted by molar-refractivity contribution is 5.85. The molecule has 0 amide bonds. The lowest BCUT2D eigenvalue weighted by Gasteiger charge is -2.27. The number of hydrogen-bond acceptors (Lipinski definition) is 4. The molecular weight excluding hydrogens is 242 g/mol. The first-order chi connectivity index (χ1) is 8.85. The molecule has 0 bridgehead atoms. The van der Waals surface area contributed by atoms with Crippen molar-refractivity contribution in [2.24, 2.45) is 16.3 Å². The fourth-order valence-electron chi connectivity index (χ4n) is 1.98. The number of unbranched alkanes of at least 4 members (excludes halogenated alkanes) is 1. The number of ether oxygens (including phenoxy) is 1. The Labute approximate surface area is 117 Å². The maximum absolute atomic E-state index is 8.73. The minimum Gasteiger partial charge on any atom is -0.409 e. The molecule has 0 spiro atoms. The predicted molar refractivity (Wildman–Crippen MR) is 79.6 cm³/mol. The number of nitrogens with two attached hydrogens (primary N) is 1. The average Bonchev–Trinajstić information content (AvgIpc) is 2.36. The van der Waals surface area contributed by atoms with Crippen LogP contribution >= 0.6 is 0 Å². The molecule has 3 N–H and O–H groups in total. The SMILES string of the molecule is COCCN(CCCCC(C)(C)C(N)=NO)C(C)C. The second kappa shape index (κ2) is 9.15. The van der Waals surface area contributed by atoms with Crippen molar-refractivity contribution in [1.82, 2.24) is 4.90 Å². The number of oxime groups is 1. The summed E-state index contributed by atoms with van der Waals surface area (Å²) < 4.78 is 5.13. The molecule has 0 unspecified atom stereocenters. The molecule has 0 aromatic rings. The van der Waals surface area contributed by atoms with Crippen LogP contribution < -0.4 is 5.73 Å². The lowest BCUT2D eigenvalue weighted by atomic mass is 9.86. The summed E-state index contributed by atoms with van der Waals surface area (Å²) in [5.41, 5.74) is 5.45. The molecule has 19 heavy (non-hydrogen) atoms. The molecule has 114 valence electrons. The molecule has 0 aliphatic heterocycles. The number of nitrogens with zero attached hydrogens (tertiary/aromatic N) is 2. The van der Waals surface area contributed by atoms with E-state index in [2.05, 4.69) is 23.9 Å². The van der Waals surface area contributed by atoms with Crippen molar-refractivity contribution >= 4 is 5.84 Å².